The van der Waals surface area contributed by atoms with E-state index in [4.69, 9.17) is 0 Å². The van der Waals surface area contributed by atoms with Crippen molar-refractivity contribution in [3.63, 3.8) is 0 Å². The predicted molar refractivity (Wildman–Crippen MR) is 72.5 cm³/mol. The van der Waals surface area contributed by atoms with E-state index in [1.165, 1.54) is 11.1 Å². The lowest BCUT2D eigenvalue weighted by molar-refractivity contribution is 0.0647. The van der Waals surface area contributed by atoms with E-state index in [0.29, 0.717) is 11.8 Å². The molecular weight excluding hydrogens is 208 g/mol. The molecule has 0 heterocycles. The van der Waals surface area contributed by atoms with Crippen molar-refractivity contribution in [1.82, 2.24) is 0 Å². The van der Waals surface area contributed by atoms with Gasteiger partial charge in [0.25, 0.3) is 0 Å². The highest BCUT2D eigenvalue weighted by Crippen LogP contribution is 2.36. The Morgan fingerprint density at radius 1 is 1.06 bits per heavy atom. The van der Waals surface area contributed by atoms with Crippen molar-refractivity contribution in [1.29, 1.82) is 0 Å². The molecular formula is C16H22O. The van der Waals surface area contributed by atoms with Crippen molar-refractivity contribution in [2.45, 2.75) is 33.3 Å². The fourth-order valence-electron chi connectivity index (χ4n) is 2.70. The fraction of sp³-hybridized carbons (Fsp3) is 0.500. The fourth-order valence-corrected chi connectivity index (χ4v) is 2.70. The van der Waals surface area contributed by atoms with Gasteiger partial charge in [-0.3, -0.25) is 0 Å². The second-order valence-corrected chi connectivity index (χ2v) is 5.38. The number of benzene rings is 1. The molecule has 4 atom stereocenters. The van der Waals surface area contributed by atoms with Crippen LogP contribution in [0.1, 0.15) is 32.8 Å². The monoisotopic (exact) mass is 230 g/mol. The quantitative estimate of drug-likeness (QED) is 0.779. The highest BCUT2D eigenvalue weighted by molar-refractivity contribution is 5.68. The summed E-state index contributed by atoms with van der Waals surface area (Å²) in [6.45, 7) is 6.52. The molecule has 0 bridgehead atoms. The van der Waals surface area contributed by atoms with E-state index in [2.05, 4.69) is 51.1 Å². The number of rotatable bonds is 1. The van der Waals surface area contributed by atoms with Gasteiger partial charge in [-0.05, 0) is 29.4 Å². The zero-order valence-electron chi connectivity index (χ0n) is 10.9. The lowest BCUT2D eigenvalue weighted by Gasteiger charge is -2.27. The van der Waals surface area contributed by atoms with E-state index in [0.717, 1.165) is 6.42 Å². The largest absolute Gasteiger partial charge is 0.392 e. The normalized spacial score (nSPS) is 34.0. The van der Waals surface area contributed by atoms with Gasteiger partial charge in [0.2, 0.25) is 0 Å². The molecule has 0 aliphatic heterocycles. The molecule has 0 unspecified atom stereocenters. The SMILES string of the molecule is C[C@H]1[C@@H](O)[C@@H](C)C(c2ccccc2)=CC[C@@H]1C. The van der Waals surface area contributed by atoms with Gasteiger partial charge in [0.05, 0.1) is 6.10 Å². The third-order valence-electron chi connectivity index (χ3n) is 4.26. The summed E-state index contributed by atoms with van der Waals surface area (Å²) in [5.41, 5.74) is 2.55. The van der Waals surface area contributed by atoms with Crippen LogP contribution in [0.15, 0.2) is 36.4 Å². The summed E-state index contributed by atoms with van der Waals surface area (Å²) < 4.78 is 0. The third kappa shape index (κ3) is 2.44. The first-order valence-electron chi connectivity index (χ1n) is 6.54. The summed E-state index contributed by atoms with van der Waals surface area (Å²) in [5.74, 6) is 1.13. The Balaban J connectivity index is 2.34. The first kappa shape index (κ1) is 12.4. The summed E-state index contributed by atoms with van der Waals surface area (Å²) in [6.07, 6.45) is 3.14. The van der Waals surface area contributed by atoms with Gasteiger partial charge in [0.15, 0.2) is 0 Å². The summed E-state index contributed by atoms with van der Waals surface area (Å²) in [5, 5.41) is 10.4. The van der Waals surface area contributed by atoms with Crippen LogP contribution in [0.4, 0.5) is 0 Å². The Morgan fingerprint density at radius 3 is 2.35 bits per heavy atom. The van der Waals surface area contributed by atoms with Gasteiger partial charge in [-0.25, -0.2) is 0 Å². The van der Waals surface area contributed by atoms with Crippen molar-refractivity contribution in [3.8, 4) is 0 Å². The van der Waals surface area contributed by atoms with Crippen LogP contribution in [0.2, 0.25) is 0 Å². The van der Waals surface area contributed by atoms with Gasteiger partial charge < -0.3 is 5.11 Å². The van der Waals surface area contributed by atoms with Crippen LogP contribution >= 0.6 is 0 Å². The summed E-state index contributed by atoms with van der Waals surface area (Å²) in [4.78, 5) is 0. The van der Waals surface area contributed by atoms with Gasteiger partial charge in [-0.2, -0.15) is 0 Å². The Labute approximate surface area is 104 Å². The predicted octanol–water partition coefficient (Wildman–Crippen LogP) is 3.74. The maximum atomic E-state index is 10.4. The number of allylic oxidation sites excluding steroid dienone is 1. The molecule has 0 fully saturated rings. The molecule has 0 aromatic heterocycles. The molecule has 17 heavy (non-hydrogen) atoms. The Bertz CT molecular complexity index is 393. The number of aliphatic hydroxyl groups excluding tert-OH is 1. The number of aliphatic hydroxyl groups is 1. The molecule has 1 aromatic carbocycles. The van der Waals surface area contributed by atoms with E-state index < -0.39 is 0 Å². The summed E-state index contributed by atoms with van der Waals surface area (Å²) in [6, 6.07) is 10.4. The smallest absolute Gasteiger partial charge is 0.0634 e. The van der Waals surface area contributed by atoms with E-state index in [1.807, 2.05) is 6.07 Å². The minimum Gasteiger partial charge on any atom is -0.392 e. The van der Waals surface area contributed by atoms with Crippen molar-refractivity contribution in [2.24, 2.45) is 17.8 Å². The number of hydrogen-bond donors (Lipinski definition) is 1. The molecule has 0 saturated carbocycles. The van der Waals surface area contributed by atoms with Gasteiger partial charge in [0.1, 0.15) is 0 Å². The first-order valence-corrected chi connectivity index (χ1v) is 6.54. The Hall–Kier alpha value is -1.08. The van der Waals surface area contributed by atoms with Crippen LogP contribution in [0.3, 0.4) is 0 Å². The van der Waals surface area contributed by atoms with E-state index in [1.54, 1.807) is 0 Å². The second-order valence-electron chi connectivity index (χ2n) is 5.38. The van der Waals surface area contributed by atoms with Crippen molar-refractivity contribution in [3.05, 3.63) is 42.0 Å². The second kappa shape index (κ2) is 5.05. The highest BCUT2D eigenvalue weighted by atomic mass is 16.3. The van der Waals surface area contributed by atoms with Crippen LogP contribution in [0.25, 0.3) is 5.57 Å². The van der Waals surface area contributed by atoms with Crippen molar-refractivity contribution >= 4 is 5.57 Å². The van der Waals surface area contributed by atoms with E-state index in [-0.39, 0.29) is 12.0 Å². The maximum absolute atomic E-state index is 10.4. The van der Waals surface area contributed by atoms with Crippen molar-refractivity contribution < 1.29 is 5.11 Å². The average molecular weight is 230 g/mol. The lowest BCUT2D eigenvalue weighted by atomic mass is 9.83. The average Bonchev–Trinajstić information content (AvgIpc) is 2.45. The zero-order valence-corrected chi connectivity index (χ0v) is 10.9. The van der Waals surface area contributed by atoms with Gasteiger partial charge in [-0.1, -0.05) is 57.2 Å². The Morgan fingerprint density at radius 2 is 1.71 bits per heavy atom. The van der Waals surface area contributed by atoms with Crippen LogP contribution in [0, 0.1) is 17.8 Å². The third-order valence-corrected chi connectivity index (χ3v) is 4.26. The molecule has 0 radical (unpaired) electrons. The van der Waals surface area contributed by atoms with Crippen LogP contribution in [-0.4, -0.2) is 11.2 Å². The molecule has 1 aromatic rings. The minimum absolute atomic E-state index is 0.220. The molecule has 1 aliphatic rings. The van der Waals surface area contributed by atoms with Gasteiger partial charge >= 0.3 is 0 Å². The molecule has 1 N–H and O–H groups in total. The molecule has 1 aliphatic carbocycles. The lowest BCUT2D eigenvalue weighted by Crippen LogP contribution is -2.28. The summed E-state index contributed by atoms with van der Waals surface area (Å²) >= 11 is 0. The van der Waals surface area contributed by atoms with Crippen molar-refractivity contribution in [2.75, 3.05) is 0 Å². The summed E-state index contributed by atoms with van der Waals surface area (Å²) in [7, 11) is 0. The van der Waals surface area contributed by atoms with E-state index >= 15 is 0 Å². The number of hydrogen-bond acceptors (Lipinski definition) is 1. The maximum Gasteiger partial charge on any atom is 0.0634 e. The molecule has 1 nitrogen and oxygen atoms in total. The standard InChI is InChI=1S/C16H22O/c1-11-9-10-15(13(3)16(17)12(11)2)14-7-5-4-6-8-14/h4-8,10-13,16-17H,9H2,1-3H3/t11-,12+,13-,16+/m0/s1. The highest BCUT2D eigenvalue weighted by Gasteiger charge is 2.30. The molecule has 0 amide bonds. The van der Waals surface area contributed by atoms with Crippen LogP contribution in [0.5, 0.6) is 0 Å². The zero-order chi connectivity index (χ0) is 12.4. The van der Waals surface area contributed by atoms with Gasteiger partial charge in [-0.15, -0.1) is 0 Å². The first-order chi connectivity index (χ1) is 8.11. The van der Waals surface area contributed by atoms with Gasteiger partial charge in [0, 0.05) is 5.92 Å². The Kier molecular flexibility index (Phi) is 3.68. The molecule has 1 heteroatoms. The molecule has 92 valence electrons. The minimum atomic E-state index is -0.237. The topological polar surface area (TPSA) is 20.2 Å². The van der Waals surface area contributed by atoms with Crippen LogP contribution in [-0.2, 0) is 0 Å². The molecule has 0 spiro atoms. The molecule has 0 saturated heterocycles. The molecule has 2 rings (SSSR count). The van der Waals surface area contributed by atoms with E-state index in [9.17, 15) is 5.11 Å². The van der Waals surface area contributed by atoms with Crippen LogP contribution < -0.4 is 0 Å².